The molecule has 2 nitrogen and oxygen atoms in total. The number of hydrogen-bond acceptors (Lipinski definition) is 3. The quantitative estimate of drug-likeness (QED) is 0.816. The largest absolute Gasteiger partial charge is 0.463 e. The van der Waals surface area contributed by atoms with E-state index in [1.165, 1.54) is 15.6 Å². The van der Waals surface area contributed by atoms with Crippen LogP contribution in [0.5, 0.6) is 0 Å². The van der Waals surface area contributed by atoms with E-state index in [2.05, 4.69) is 53.5 Å². The van der Waals surface area contributed by atoms with Crippen LogP contribution in [0, 0.1) is 13.8 Å². The Labute approximate surface area is 127 Å². The summed E-state index contributed by atoms with van der Waals surface area (Å²) < 4.78 is 6.92. The Kier molecular flexibility index (Phi) is 4.99. The highest BCUT2D eigenvalue weighted by atomic mass is 79.9. The van der Waals surface area contributed by atoms with Gasteiger partial charge in [-0.15, -0.1) is 0 Å². The molecule has 2 aromatic rings. The Hall–Kier alpha value is -0.870. The van der Waals surface area contributed by atoms with Crippen molar-refractivity contribution in [1.29, 1.82) is 0 Å². The predicted octanol–water partition coefficient (Wildman–Crippen LogP) is 5.13. The lowest BCUT2D eigenvalue weighted by Crippen LogP contribution is -1.99. The molecule has 1 heterocycles. The molecule has 0 fully saturated rings. The smallest absolute Gasteiger partial charge is 0.123 e. The fourth-order valence-electron chi connectivity index (χ4n) is 1.97. The fourth-order valence-corrected chi connectivity index (χ4v) is 2.64. The van der Waals surface area contributed by atoms with Crippen LogP contribution in [-0.4, -0.2) is 6.26 Å². The number of nitrogens with one attached hydrogen (secondary N) is 1. The van der Waals surface area contributed by atoms with E-state index in [0.717, 1.165) is 29.5 Å². The molecule has 0 saturated heterocycles. The minimum Gasteiger partial charge on any atom is -0.463 e. The van der Waals surface area contributed by atoms with Gasteiger partial charge in [-0.05, 0) is 55.5 Å². The first kappa shape index (κ1) is 14.5. The lowest BCUT2D eigenvalue weighted by molar-refractivity contribution is 0.487. The Morgan fingerprint density at radius 1 is 1.16 bits per heavy atom. The van der Waals surface area contributed by atoms with Crippen molar-refractivity contribution in [2.45, 2.75) is 26.1 Å². The van der Waals surface area contributed by atoms with Gasteiger partial charge in [-0.3, -0.25) is 0 Å². The molecule has 2 rings (SSSR count). The number of furan rings is 1. The first-order chi connectivity index (χ1) is 9.10. The van der Waals surface area contributed by atoms with E-state index in [1.54, 1.807) is 11.8 Å². The van der Waals surface area contributed by atoms with Crippen molar-refractivity contribution >= 4 is 33.4 Å². The minimum absolute atomic E-state index is 0.717. The summed E-state index contributed by atoms with van der Waals surface area (Å²) in [6.45, 7) is 4.92. The summed E-state index contributed by atoms with van der Waals surface area (Å²) in [5.74, 6) is 2.94. The number of benzene rings is 1. The number of thioether (sulfide) groups is 1. The van der Waals surface area contributed by atoms with Crippen molar-refractivity contribution in [1.82, 2.24) is 0 Å². The Morgan fingerprint density at radius 2 is 1.79 bits per heavy atom. The second-order valence-electron chi connectivity index (χ2n) is 4.58. The molecule has 0 aliphatic heterocycles. The molecule has 0 amide bonds. The van der Waals surface area contributed by atoms with Crippen LogP contribution in [0.3, 0.4) is 0 Å². The molecule has 0 radical (unpaired) electrons. The van der Waals surface area contributed by atoms with Gasteiger partial charge >= 0.3 is 0 Å². The summed E-state index contributed by atoms with van der Waals surface area (Å²) in [5.41, 5.74) is 3.61. The van der Waals surface area contributed by atoms with Gasteiger partial charge in [-0.25, -0.2) is 0 Å². The Balaban J connectivity index is 2.01. The lowest BCUT2D eigenvalue weighted by Gasteiger charge is -2.09. The maximum Gasteiger partial charge on any atom is 0.123 e. The summed E-state index contributed by atoms with van der Waals surface area (Å²) in [7, 11) is 0. The molecule has 0 aliphatic carbocycles. The second-order valence-corrected chi connectivity index (χ2v) is 6.24. The predicted molar refractivity (Wildman–Crippen MR) is 86.9 cm³/mol. The molecule has 0 aliphatic rings. The summed E-state index contributed by atoms with van der Waals surface area (Å²) in [4.78, 5) is 0. The van der Waals surface area contributed by atoms with E-state index in [1.807, 2.05) is 12.1 Å². The molecule has 0 spiro atoms. The lowest BCUT2D eigenvalue weighted by atomic mass is 10.1. The van der Waals surface area contributed by atoms with Gasteiger partial charge in [0.05, 0.1) is 12.3 Å². The first-order valence-corrected chi connectivity index (χ1v) is 8.36. The van der Waals surface area contributed by atoms with Crippen molar-refractivity contribution in [3.63, 3.8) is 0 Å². The Morgan fingerprint density at radius 3 is 2.42 bits per heavy atom. The number of aryl methyl sites for hydroxylation is 2. The molecular formula is C15H18BrNOS. The van der Waals surface area contributed by atoms with Gasteiger partial charge < -0.3 is 9.73 Å². The third-order valence-electron chi connectivity index (χ3n) is 2.91. The average Bonchev–Trinajstić information content (AvgIpc) is 2.81. The van der Waals surface area contributed by atoms with Crippen LogP contribution in [0.2, 0.25) is 0 Å². The maximum atomic E-state index is 5.74. The van der Waals surface area contributed by atoms with Gasteiger partial charge in [0.25, 0.3) is 0 Å². The molecule has 102 valence electrons. The minimum atomic E-state index is 0.717. The summed E-state index contributed by atoms with van der Waals surface area (Å²) in [5, 5.41) is 3.40. The van der Waals surface area contributed by atoms with Gasteiger partial charge in [-0.2, -0.15) is 11.8 Å². The van der Waals surface area contributed by atoms with E-state index in [-0.39, 0.29) is 0 Å². The molecular weight excluding hydrogens is 322 g/mol. The maximum absolute atomic E-state index is 5.74. The van der Waals surface area contributed by atoms with Gasteiger partial charge in [0.1, 0.15) is 11.5 Å². The first-order valence-electron chi connectivity index (χ1n) is 6.17. The molecule has 4 heteroatoms. The third-order valence-corrected chi connectivity index (χ3v) is 4.73. The number of halogens is 1. The van der Waals surface area contributed by atoms with Crippen molar-refractivity contribution < 1.29 is 4.42 Å². The summed E-state index contributed by atoms with van der Waals surface area (Å²) in [6, 6.07) is 8.37. The van der Waals surface area contributed by atoms with Gasteiger partial charge in [-0.1, -0.05) is 15.9 Å². The van der Waals surface area contributed by atoms with Gasteiger partial charge in [0.15, 0.2) is 0 Å². The van der Waals surface area contributed by atoms with Gasteiger partial charge in [0, 0.05) is 10.2 Å². The highest BCUT2D eigenvalue weighted by Gasteiger charge is 2.04. The number of anilines is 1. The topological polar surface area (TPSA) is 25.2 Å². The van der Waals surface area contributed by atoms with Crippen molar-refractivity contribution in [2.75, 3.05) is 11.6 Å². The SMILES string of the molecule is CSCc1ccc(CNc2cc(C)c(Br)c(C)c2)o1. The zero-order valence-electron chi connectivity index (χ0n) is 11.4. The number of hydrogen-bond donors (Lipinski definition) is 1. The summed E-state index contributed by atoms with van der Waals surface area (Å²) >= 11 is 5.35. The van der Waals surface area contributed by atoms with Crippen LogP contribution in [0.25, 0.3) is 0 Å². The van der Waals surface area contributed by atoms with E-state index in [0.29, 0.717) is 0 Å². The van der Waals surface area contributed by atoms with E-state index in [4.69, 9.17) is 4.42 Å². The number of rotatable bonds is 5. The Bertz CT molecular complexity index is 542. The van der Waals surface area contributed by atoms with Crippen molar-refractivity contribution in [2.24, 2.45) is 0 Å². The highest BCUT2D eigenvalue weighted by Crippen LogP contribution is 2.25. The van der Waals surface area contributed by atoms with Crippen LogP contribution in [0.4, 0.5) is 5.69 Å². The summed E-state index contributed by atoms with van der Waals surface area (Å²) in [6.07, 6.45) is 2.08. The normalized spacial score (nSPS) is 10.7. The van der Waals surface area contributed by atoms with Crippen molar-refractivity contribution in [3.8, 4) is 0 Å². The molecule has 19 heavy (non-hydrogen) atoms. The highest BCUT2D eigenvalue weighted by molar-refractivity contribution is 9.10. The molecule has 0 unspecified atom stereocenters. The molecule has 0 atom stereocenters. The third kappa shape index (κ3) is 3.80. The standard InChI is InChI=1S/C15H18BrNOS/c1-10-6-12(7-11(2)15(10)16)17-8-13-4-5-14(18-13)9-19-3/h4-7,17H,8-9H2,1-3H3. The zero-order valence-corrected chi connectivity index (χ0v) is 13.8. The zero-order chi connectivity index (χ0) is 13.8. The van der Waals surface area contributed by atoms with Crippen LogP contribution >= 0.6 is 27.7 Å². The second kappa shape index (κ2) is 6.53. The van der Waals surface area contributed by atoms with Crippen molar-refractivity contribution in [3.05, 3.63) is 51.4 Å². The van der Waals surface area contributed by atoms with E-state index in [9.17, 15) is 0 Å². The van der Waals surface area contributed by atoms with Crippen LogP contribution in [0.15, 0.2) is 33.2 Å². The van der Waals surface area contributed by atoms with Crippen LogP contribution in [-0.2, 0) is 12.3 Å². The van der Waals surface area contributed by atoms with Crippen LogP contribution in [0.1, 0.15) is 22.6 Å². The molecule has 1 aromatic heterocycles. The molecule has 1 N–H and O–H groups in total. The van der Waals surface area contributed by atoms with E-state index >= 15 is 0 Å². The molecule has 0 bridgehead atoms. The van der Waals surface area contributed by atoms with E-state index < -0.39 is 0 Å². The van der Waals surface area contributed by atoms with Crippen LogP contribution < -0.4 is 5.32 Å². The van der Waals surface area contributed by atoms with Gasteiger partial charge in [0.2, 0.25) is 0 Å². The fraction of sp³-hybridized carbons (Fsp3) is 0.333. The molecule has 1 aromatic carbocycles. The monoisotopic (exact) mass is 339 g/mol. The molecule has 0 saturated carbocycles. The average molecular weight is 340 g/mol.